The molecule has 7 heteroatoms. The summed E-state index contributed by atoms with van der Waals surface area (Å²) >= 11 is 0. The molecule has 7 nitrogen and oxygen atoms in total. The molecule has 0 amide bonds. The Morgan fingerprint density at radius 2 is 2.27 bits per heavy atom. The zero-order valence-electron chi connectivity index (χ0n) is 8.56. The lowest BCUT2D eigenvalue weighted by Crippen LogP contribution is -2.07. The molecule has 0 aliphatic rings. The summed E-state index contributed by atoms with van der Waals surface area (Å²) in [7, 11) is 0. The van der Waals surface area contributed by atoms with Crippen molar-refractivity contribution in [2.24, 2.45) is 0 Å². The highest BCUT2D eigenvalue weighted by molar-refractivity contribution is 5.60. The summed E-state index contributed by atoms with van der Waals surface area (Å²) in [4.78, 5) is 17.8. The first-order chi connectivity index (χ1) is 7.20. The molecule has 0 radical (unpaired) electrons. The SMILES string of the molecule is CCNc1ncnc(OCC)c1[N+](=O)[O-]. The fourth-order valence-electron chi connectivity index (χ4n) is 1.07. The van der Waals surface area contributed by atoms with Gasteiger partial charge in [0.1, 0.15) is 6.33 Å². The normalized spacial score (nSPS) is 9.73. The van der Waals surface area contributed by atoms with Crippen LogP contribution in [0.2, 0.25) is 0 Å². The number of nitrogens with zero attached hydrogens (tertiary/aromatic N) is 3. The molecule has 0 aliphatic carbocycles. The second-order valence-electron chi connectivity index (χ2n) is 2.60. The summed E-state index contributed by atoms with van der Waals surface area (Å²) in [5, 5.41) is 13.6. The predicted molar refractivity (Wildman–Crippen MR) is 54.0 cm³/mol. The van der Waals surface area contributed by atoms with Gasteiger partial charge in [0.15, 0.2) is 0 Å². The van der Waals surface area contributed by atoms with Gasteiger partial charge in [-0.3, -0.25) is 10.1 Å². The minimum Gasteiger partial charge on any atom is -0.473 e. The quantitative estimate of drug-likeness (QED) is 0.582. The zero-order valence-corrected chi connectivity index (χ0v) is 8.56. The van der Waals surface area contributed by atoms with E-state index in [1.54, 1.807) is 6.92 Å². The van der Waals surface area contributed by atoms with E-state index in [1.807, 2.05) is 6.92 Å². The summed E-state index contributed by atoms with van der Waals surface area (Å²) in [6.45, 7) is 4.43. The molecule has 0 bridgehead atoms. The van der Waals surface area contributed by atoms with Gasteiger partial charge in [0, 0.05) is 6.54 Å². The van der Waals surface area contributed by atoms with Gasteiger partial charge in [-0.25, -0.2) is 4.98 Å². The van der Waals surface area contributed by atoms with Gasteiger partial charge in [-0.05, 0) is 13.8 Å². The molecule has 0 saturated heterocycles. The zero-order chi connectivity index (χ0) is 11.3. The summed E-state index contributed by atoms with van der Waals surface area (Å²) in [5.74, 6) is 0.175. The molecule has 0 saturated carbocycles. The highest BCUT2D eigenvalue weighted by atomic mass is 16.6. The summed E-state index contributed by atoms with van der Waals surface area (Å²) in [5.41, 5.74) is -0.221. The molecule has 0 unspecified atom stereocenters. The van der Waals surface area contributed by atoms with Crippen molar-refractivity contribution >= 4 is 11.5 Å². The van der Waals surface area contributed by atoms with Gasteiger partial charge in [-0.2, -0.15) is 4.98 Å². The Bertz CT molecular complexity index is 331. The van der Waals surface area contributed by atoms with Crippen molar-refractivity contribution in [2.45, 2.75) is 13.8 Å². The van der Waals surface area contributed by atoms with Gasteiger partial charge >= 0.3 is 5.69 Å². The van der Waals surface area contributed by atoms with Crippen LogP contribution in [-0.2, 0) is 0 Å². The van der Waals surface area contributed by atoms with Crippen LogP contribution >= 0.6 is 0 Å². The molecule has 0 atom stereocenters. The van der Waals surface area contributed by atoms with Crippen molar-refractivity contribution in [1.29, 1.82) is 0 Å². The number of rotatable bonds is 5. The van der Waals surface area contributed by atoms with E-state index in [0.29, 0.717) is 13.2 Å². The molecule has 1 N–H and O–H groups in total. The molecule has 1 aromatic rings. The highest BCUT2D eigenvalue weighted by Crippen LogP contribution is 2.30. The summed E-state index contributed by atoms with van der Waals surface area (Å²) < 4.78 is 5.05. The summed E-state index contributed by atoms with van der Waals surface area (Å²) in [6, 6.07) is 0. The van der Waals surface area contributed by atoms with Crippen molar-refractivity contribution < 1.29 is 9.66 Å². The molecular formula is C8H12N4O3. The fraction of sp³-hybridized carbons (Fsp3) is 0.500. The van der Waals surface area contributed by atoms with E-state index < -0.39 is 4.92 Å². The number of ether oxygens (including phenoxy) is 1. The molecule has 15 heavy (non-hydrogen) atoms. The van der Waals surface area contributed by atoms with Crippen LogP contribution in [0.1, 0.15) is 13.8 Å². The minimum atomic E-state index is -0.553. The highest BCUT2D eigenvalue weighted by Gasteiger charge is 2.23. The van der Waals surface area contributed by atoms with Crippen LogP contribution in [0, 0.1) is 10.1 Å². The maximum Gasteiger partial charge on any atom is 0.372 e. The van der Waals surface area contributed by atoms with Crippen molar-refractivity contribution in [3.8, 4) is 5.88 Å². The van der Waals surface area contributed by atoms with Gasteiger partial charge in [0.05, 0.1) is 11.5 Å². The number of aromatic nitrogens is 2. The van der Waals surface area contributed by atoms with Crippen LogP contribution in [0.5, 0.6) is 5.88 Å². The Labute approximate surface area is 86.6 Å². The van der Waals surface area contributed by atoms with Crippen LogP contribution < -0.4 is 10.1 Å². The van der Waals surface area contributed by atoms with Crippen LogP contribution in [0.4, 0.5) is 11.5 Å². The third-order valence-electron chi connectivity index (χ3n) is 1.60. The lowest BCUT2D eigenvalue weighted by Gasteiger charge is -2.06. The fourth-order valence-corrected chi connectivity index (χ4v) is 1.07. The van der Waals surface area contributed by atoms with Crippen LogP contribution in [-0.4, -0.2) is 28.0 Å². The molecule has 1 aromatic heterocycles. The Balaban J connectivity index is 3.15. The Morgan fingerprint density at radius 1 is 1.53 bits per heavy atom. The molecule has 0 fully saturated rings. The minimum absolute atomic E-state index is 0.00606. The Kier molecular flexibility index (Phi) is 3.78. The van der Waals surface area contributed by atoms with Gasteiger partial charge in [-0.15, -0.1) is 0 Å². The number of hydrogen-bond donors (Lipinski definition) is 1. The van der Waals surface area contributed by atoms with Gasteiger partial charge < -0.3 is 10.1 Å². The first kappa shape index (κ1) is 11.2. The monoisotopic (exact) mass is 212 g/mol. The number of nitro groups is 1. The lowest BCUT2D eigenvalue weighted by molar-refractivity contribution is -0.385. The maximum atomic E-state index is 10.8. The van der Waals surface area contributed by atoms with Crippen molar-refractivity contribution in [3.05, 3.63) is 16.4 Å². The van der Waals surface area contributed by atoms with E-state index in [2.05, 4.69) is 15.3 Å². The van der Waals surface area contributed by atoms with E-state index in [-0.39, 0.29) is 17.4 Å². The van der Waals surface area contributed by atoms with E-state index in [4.69, 9.17) is 4.74 Å². The summed E-state index contributed by atoms with van der Waals surface area (Å²) in [6.07, 6.45) is 1.23. The van der Waals surface area contributed by atoms with E-state index >= 15 is 0 Å². The van der Waals surface area contributed by atoms with E-state index in [0.717, 1.165) is 0 Å². The first-order valence-electron chi connectivity index (χ1n) is 4.56. The van der Waals surface area contributed by atoms with Crippen LogP contribution in [0.3, 0.4) is 0 Å². The number of anilines is 1. The largest absolute Gasteiger partial charge is 0.473 e. The van der Waals surface area contributed by atoms with Crippen molar-refractivity contribution in [2.75, 3.05) is 18.5 Å². The standard InChI is InChI=1S/C8H12N4O3/c1-3-9-7-6(12(13)14)8(15-4-2)11-5-10-7/h5H,3-4H2,1-2H3,(H,9,10,11). The third kappa shape index (κ3) is 2.52. The van der Waals surface area contributed by atoms with Crippen molar-refractivity contribution in [1.82, 2.24) is 9.97 Å². The Morgan fingerprint density at radius 3 is 2.80 bits per heavy atom. The maximum absolute atomic E-state index is 10.8. The van der Waals surface area contributed by atoms with Gasteiger partial charge in [0.2, 0.25) is 5.82 Å². The Hall–Kier alpha value is -1.92. The molecule has 1 rings (SSSR count). The molecular weight excluding hydrogens is 200 g/mol. The smallest absolute Gasteiger partial charge is 0.372 e. The molecule has 0 spiro atoms. The van der Waals surface area contributed by atoms with Gasteiger partial charge in [0.25, 0.3) is 5.88 Å². The van der Waals surface area contributed by atoms with Crippen LogP contribution in [0.25, 0.3) is 0 Å². The lowest BCUT2D eigenvalue weighted by atomic mass is 10.4. The molecule has 82 valence electrons. The van der Waals surface area contributed by atoms with Gasteiger partial charge in [-0.1, -0.05) is 0 Å². The average molecular weight is 212 g/mol. The molecule has 0 aliphatic heterocycles. The predicted octanol–water partition coefficient (Wildman–Crippen LogP) is 1.22. The first-order valence-corrected chi connectivity index (χ1v) is 4.56. The van der Waals surface area contributed by atoms with Crippen molar-refractivity contribution in [3.63, 3.8) is 0 Å². The average Bonchev–Trinajstić information content (AvgIpc) is 2.18. The number of nitrogens with one attached hydrogen (secondary N) is 1. The van der Waals surface area contributed by atoms with Crippen LogP contribution in [0.15, 0.2) is 6.33 Å². The second kappa shape index (κ2) is 5.08. The number of hydrogen-bond acceptors (Lipinski definition) is 6. The third-order valence-corrected chi connectivity index (χ3v) is 1.60. The van der Waals surface area contributed by atoms with E-state index in [9.17, 15) is 10.1 Å². The van der Waals surface area contributed by atoms with E-state index in [1.165, 1.54) is 6.33 Å². The molecule has 0 aromatic carbocycles. The molecule has 1 heterocycles. The second-order valence-corrected chi connectivity index (χ2v) is 2.60. The topological polar surface area (TPSA) is 90.2 Å².